The number of halogens is 1. The predicted octanol–water partition coefficient (Wildman–Crippen LogP) is 3.08. The first-order valence-corrected chi connectivity index (χ1v) is 9.83. The van der Waals surface area contributed by atoms with Gasteiger partial charge in [-0.2, -0.15) is 0 Å². The second kappa shape index (κ2) is 8.64. The third-order valence-corrected chi connectivity index (χ3v) is 5.02. The van der Waals surface area contributed by atoms with Gasteiger partial charge in [0, 0.05) is 0 Å². The largest absolute Gasteiger partial charge is 0.503 e. The molecule has 2 amide bonds. The highest BCUT2D eigenvalue weighted by atomic mass is 79.9. The molecule has 1 heterocycles. The number of phenols is 1. The number of carboxylic acids is 1. The smallest absolute Gasteiger partial charge is 0.335 e. The summed E-state index contributed by atoms with van der Waals surface area (Å²) in [4.78, 5) is 37.6. The van der Waals surface area contributed by atoms with Crippen LogP contribution in [0, 0.1) is 0 Å². The van der Waals surface area contributed by atoms with E-state index < -0.39 is 17.8 Å². The van der Waals surface area contributed by atoms with Gasteiger partial charge in [-0.1, -0.05) is 0 Å². The Hall–Kier alpha value is -3.24. The summed E-state index contributed by atoms with van der Waals surface area (Å²) in [6.07, 6.45) is 1.35. The molecule has 154 valence electrons. The molecule has 30 heavy (non-hydrogen) atoms. The van der Waals surface area contributed by atoms with Crippen LogP contribution in [0.15, 0.2) is 46.4 Å². The van der Waals surface area contributed by atoms with Gasteiger partial charge in [0.25, 0.3) is 11.8 Å². The monoisotopic (exact) mass is 490 g/mol. The third kappa shape index (κ3) is 4.19. The van der Waals surface area contributed by atoms with Crippen molar-refractivity contribution in [3.63, 3.8) is 0 Å². The van der Waals surface area contributed by atoms with Crippen molar-refractivity contribution in [1.82, 2.24) is 5.32 Å². The Labute approximate surface area is 184 Å². The lowest BCUT2D eigenvalue weighted by molar-refractivity contribution is -0.122. The molecule has 0 radical (unpaired) electrons. The van der Waals surface area contributed by atoms with Gasteiger partial charge in [-0.05, 0) is 83.1 Å². The summed E-state index contributed by atoms with van der Waals surface area (Å²) in [5.74, 6) is -2.36. The number of ether oxygens (including phenoxy) is 1. The number of aromatic hydroxyl groups is 1. The predicted molar refractivity (Wildman–Crippen MR) is 117 cm³/mol. The van der Waals surface area contributed by atoms with Crippen molar-refractivity contribution in [3.8, 4) is 11.5 Å². The molecule has 0 aromatic heterocycles. The van der Waals surface area contributed by atoms with Crippen molar-refractivity contribution in [2.45, 2.75) is 6.92 Å². The number of nitrogens with zero attached hydrogens (tertiary/aromatic N) is 1. The number of aromatic carboxylic acids is 1. The van der Waals surface area contributed by atoms with E-state index in [0.29, 0.717) is 22.3 Å². The van der Waals surface area contributed by atoms with E-state index in [9.17, 15) is 19.5 Å². The van der Waals surface area contributed by atoms with Crippen LogP contribution in [0.1, 0.15) is 22.8 Å². The number of hydrogen-bond donors (Lipinski definition) is 3. The van der Waals surface area contributed by atoms with Crippen molar-refractivity contribution in [1.29, 1.82) is 0 Å². The SMILES string of the molecule is CCOc1cc(/C=C2\C(=O)NC(=S)N(c3ccc(C(=O)O)cc3)C2=O)cc(Br)c1O. The van der Waals surface area contributed by atoms with Gasteiger partial charge in [-0.15, -0.1) is 0 Å². The molecular weight excluding hydrogens is 476 g/mol. The first-order chi connectivity index (χ1) is 14.2. The molecule has 3 N–H and O–H groups in total. The number of carbonyl (C=O) groups excluding carboxylic acids is 2. The molecule has 3 rings (SSSR count). The van der Waals surface area contributed by atoms with Crippen LogP contribution in [0.4, 0.5) is 5.69 Å². The van der Waals surface area contributed by atoms with Crippen LogP contribution in [0.25, 0.3) is 6.08 Å². The molecule has 0 spiro atoms. The molecule has 1 fully saturated rings. The molecule has 0 unspecified atom stereocenters. The van der Waals surface area contributed by atoms with Crippen LogP contribution >= 0.6 is 28.1 Å². The number of carboxylic acid groups (broad SMARTS) is 1. The Balaban J connectivity index is 2.01. The average Bonchev–Trinajstić information content (AvgIpc) is 2.69. The molecule has 8 nitrogen and oxygen atoms in total. The van der Waals surface area contributed by atoms with Crippen LogP contribution in [-0.4, -0.2) is 39.7 Å². The van der Waals surface area contributed by atoms with Crippen molar-refractivity contribution in [2.75, 3.05) is 11.5 Å². The van der Waals surface area contributed by atoms with Crippen molar-refractivity contribution in [2.24, 2.45) is 0 Å². The zero-order valence-corrected chi connectivity index (χ0v) is 17.9. The summed E-state index contributed by atoms with van der Waals surface area (Å²) in [7, 11) is 0. The summed E-state index contributed by atoms with van der Waals surface area (Å²) >= 11 is 8.34. The summed E-state index contributed by atoms with van der Waals surface area (Å²) in [5.41, 5.74) is 0.607. The van der Waals surface area contributed by atoms with Gasteiger partial charge in [0.1, 0.15) is 5.57 Å². The molecule has 2 aromatic carbocycles. The number of anilines is 1. The lowest BCUT2D eigenvalue weighted by atomic mass is 10.1. The summed E-state index contributed by atoms with van der Waals surface area (Å²) < 4.78 is 5.70. The van der Waals surface area contributed by atoms with Crippen LogP contribution in [0.2, 0.25) is 0 Å². The van der Waals surface area contributed by atoms with E-state index in [1.165, 1.54) is 42.5 Å². The number of benzene rings is 2. The van der Waals surface area contributed by atoms with Crippen LogP contribution < -0.4 is 15.0 Å². The van der Waals surface area contributed by atoms with E-state index in [-0.39, 0.29) is 27.7 Å². The number of thiocarbonyl (C=S) groups is 1. The maximum Gasteiger partial charge on any atom is 0.335 e. The van der Waals surface area contributed by atoms with E-state index in [1.54, 1.807) is 6.92 Å². The number of rotatable bonds is 5. The maximum atomic E-state index is 13.0. The van der Waals surface area contributed by atoms with Crippen LogP contribution in [0.5, 0.6) is 11.5 Å². The molecule has 1 aliphatic rings. The first-order valence-electron chi connectivity index (χ1n) is 8.63. The van der Waals surface area contributed by atoms with Gasteiger partial charge in [-0.25, -0.2) is 4.79 Å². The topological polar surface area (TPSA) is 116 Å². The van der Waals surface area contributed by atoms with E-state index >= 15 is 0 Å². The van der Waals surface area contributed by atoms with Gasteiger partial charge in [0.2, 0.25) is 0 Å². The zero-order chi connectivity index (χ0) is 22.0. The first kappa shape index (κ1) is 21.5. The molecule has 1 saturated heterocycles. The maximum absolute atomic E-state index is 13.0. The van der Waals surface area contributed by atoms with Gasteiger partial charge in [0.15, 0.2) is 16.6 Å². The standard InChI is InChI=1S/C20H15BrN2O6S/c1-2-29-15-9-10(8-14(21)16(15)24)7-13-17(25)22-20(30)23(18(13)26)12-5-3-11(4-6-12)19(27)28/h3-9,24H,2H2,1H3,(H,27,28)(H,22,25,30)/b13-7+. The summed E-state index contributed by atoms with van der Waals surface area (Å²) in [6, 6.07) is 8.54. The summed E-state index contributed by atoms with van der Waals surface area (Å²) in [5, 5.41) is 21.4. The highest BCUT2D eigenvalue weighted by molar-refractivity contribution is 9.10. The Kier molecular flexibility index (Phi) is 6.18. The van der Waals surface area contributed by atoms with E-state index in [1.807, 2.05) is 0 Å². The van der Waals surface area contributed by atoms with Gasteiger partial charge >= 0.3 is 5.97 Å². The number of nitrogens with one attached hydrogen (secondary N) is 1. The molecule has 1 aliphatic heterocycles. The van der Waals surface area contributed by atoms with Crippen LogP contribution in [0.3, 0.4) is 0 Å². The number of phenolic OH excluding ortho intramolecular Hbond substituents is 1. The second-order valence-corrected chi connectivity index (χ2v) is 7.33. The molecular formula is C20H15BrN2O6S. The van der Waals surface area contributed by atoms with Gasteiger partial charge in [0.05, 0.1) is 22.3 Å². The number of amides is 2. The average molecular weight is 491 g/mol. The summed E-state index contributed by atoms with van der Waals surface area (Å²) in [6.45, 7) is 2.07. The van der Waals surface area contributed by atoms with Crippen molar-refractivity contribution < 1.29 is 29.3 Å². The van der Waals surface area contributed by atoms with E-state index in [4.69, 9.17) is 22.1 Å². The fraction of sp³-hybridized carbons (Fsp3) is 0.100. The normalized spacial score (nSPS) is 15.3. The lowest BCUT2D eigenvalue weighted by Crippen LogP contribution is -2.54. The Morgan fingerprint density at radius 1 is 1.27 bits per heavy atom. The van der Waals surface area contributed by atoms with Crippen molar-refractivity contribution >= 4 is 62.8 Å². The minimum Gasteiger partial charge on any atom is -0.503 e. The second-order valence-electron chi connectivity index (χ2n) is 6.09. The molecule has 0 bridgehead atoms. The van der Waals surface area contributed by atoms with Crippen LogP contribution in [-0.2, 0) is 9.59 Å². The minimum absolute atomic E-state index is 0.0475. The lowest BCUT2D eigenvalue weighted by Gasteiger charge is -2.29. The fourth-order valence-electron chi connectivity index (χ4n) is 2.75. The Morgan fingerprint density at radius 2 is 1.93 bits per heavy atom. The van der Waals surface area contributed by atoms with E-state index in [0.717, 1.165) is 4.90 Å². The molecule has 0 aliphatic carbocycles. The van der Waals surface area contributed by atoms with Gasteiger partial charge < -0.3 is 14.9 Å². The molecule has 0 saturated carbocycles. The fourth-order valence-corrected chi connectivity index (χ4v) is 3.50. The minimum atomic E-state index is -1.11. The molecule has 0 atom stereocenters. The third-order valence-electron chi connectivity index (χ3n) is 4.14. The molecule has 2 aromatic rings. The molecule has 10 heteroatoms. The highest BCUT2D eigenvalue weighted by Crippen LogP contribution is 2.36. The number of hydrogen-bond acceptors (Lipinski definition) is 6. The highest BCUT2D eigenvalue weighted by Gasteiger charge is 2.34. The van der Waals surface area contributed by atoms with E-state index in [2.05, 4.69) is 21.2 Å². The zero-order valence-electron chi connectivity index (χ0n) is 15.5. The number of carbonyl (C=O) groups is 3. The Morgan fingerprint density at radius 3 is 2.53 bits per heavy atom. The Bertz CT molecular complexity index is 1100. The van der Waals surface area contributed by atoms with Crippen molar-refractivity contribution in [3.05, 3.63) is 57.6 Å². The quantitative estimate of drug-likeness (QED) is 0.335. The van der Waals surface area contributed by atoms with Gasteiger partial charge in [-0.3, -0.25) is 19.8 Å².